The van der Waals surface area contributed by atoms with Crippen LogP contribution in [-0.4, -0.2) is 21.8 Å². The molecule has 0 saturated heterocycles. The van der Waals surface area contributed by atoms with E-state index in [1.807, 2.05) is 6.07 Å². The van der Waals surface area contributed by atoms with Crippen molar-refractivity contribution >= 4 is 34.8 Å². The number of pyridine rings is 1. The van der Waals surface area contributed by atoms with Gasteiger partial charge in [0, 0.05) is 41.3 Å². The number of nitrogens with one attached hydrogen (secondary N) is 1. The van der Waals surface area contributed by atoms with Gasteiger partial charge in [-0.05, 0) is 47.9 Å². The maximum absolute atomic E-state index is 13.4. The Labute approximate surface area is 204 Å². The van der Waals surface area contributed by atoms with Gasteiger partial charge in [0.2, 0.25) is 5.91 Å². The van der Waals surface area contributed by atoms with Crippen molar-refractivity contribution in [3.05, 3.63) is 105 Å². The normalized spacial score (nSPS) is 12.6. The van der Waals surface area contributed by atoms with Crippen molar-refractivity contribution < 1.29 is 18.0 Å². The van der Waals surface area contributed by atoms with Gasteiger partial charge in [-0.3, -0.25) is 4.79 Å². The summed E-state index contributed by atoms with van der Waals surface area (Å²) in [5, 5.41) is 3.88. The number of fused-ring (bicyclic) bond motifs is 1. The van der Waals surface area contributed by atoms with Crippen molar-refractivity contribution in [2.75, 3.05) is 6.54 Å². The number of rotatable bonds is 7. The number of amides is 1. The van der Waals surface area contributed by atoms with Crippen LogP contribution in [-0.2, 0) is 17.4 Å². The molecule has 1 atom stereocenters. The first-order valence-corrected chi connectivity index (χ1v) is 11.3. The second kappa shape index (κ2) is 10.1. The van der Waals surface area contributed by atoms with Gasteiger partial charge in [-0.1, -0.05) is 53.5 Å². The van der Waals surface area contributed by atoms with E-state index in [2.05, 4.69) is 10.3 Å². The molecule has 2 aromatic heterocycles. The molecule has 1 unspecified atom stereocenters. The lowest BCUT2D eigenvalue weighted by Gasteiger charge is -2.19. The largest absolute Gasteiger partial charge is 0.416 e. The molecule has 2 heterocycles. The van der Waals surface area contributed by atoms with Crippen LogP contribution in [0.25, 0.3) is 5.65 Å². The molecule has 4 nitrogen and oxygen atoms in total. The average molecular weight is 506 g/mol. The lowest BCUT2D eigenvalue weighted by Crippen LogP contribution is -2.27. The van der Waals surface area contributed by atoms with Crippen molar-refractivity contribution in [2.24, 2.45) is 0 Å². The topological polar surface area (TPSA) is 46.4 Å². The average Bonchev–Trinajstić information content (AvgIpc) is 3.22. The Morgan fingerprint density at radius 1 is 1.06 bits per heavy atom. The third-order valence-corrected chi connectivity index (χ3v) is 6.13. The highest BCUT2D eigenvalue weighted by molar-refractivity contribution is 6.35. The Bertz CT molecular complexity index is 1320. The number of hydrogen-bond acceptors (Lipinski definition) is 2. The standard InChI is InChI=1S/C25H20Cl2F3N3O/c26-19-8-7-16(21(27)13-19)9-10-31-24(34)14-20(17-4-3-5-18(12-17)25(28,29)30)22-15-32-23-6-1-2-11-33(22)23/h1-8,11-13,15,20H,9-10,14H2,(H,31,34). The number of carbonyl (C=O) groups excluding carboxylic acids is 1. The fourth-order valence-electron chi connectivity index (χ4n) is 3.85. The van der Waals surface area contributed by atoms with E-state index in [1.165, 1.54) is 6.07 Å². The van der Waals surface area contributed by atoms with Gasteiger partial charge in [-0.15, -0.1) is 0 Å². The number of nitrogens with zero attached hydrogens (tertiary/aromatic N) is 2. The van der Waals surface area contributed by atoms with E-state index in [0.29, 0.717) is 39.9 Å². The van der Waals surface area contributed by atoms with Gasteiger partial charge in [0.25, 0.3) is 0 Å². The molecule has 0 fully saturated rings. The van der Waals surface area contributed by atoms with Gasteiger partial charge in [0.1, 0.15) is 5.65 Å². The number of benzene rings is 2. The molecule has 0 aliphatic carbocycles. The summed E-state index contributed by atoms with van der Waals surface area (Å²) < 4.78 is 41.9. The molecule has 1 amide bonds. The van der Waals surface area contributed by atoms with E-state index in [9.17, 15) is 18.0 Å². The summed E-state index contributed by atoms with van der Waals surface area (Å²) in [6, 6.07) is 15.6. The Morgan fingerprint density at radius 3 is 2.65 bits per heavy atom. The molecule has 0 radical (unpaired) electrons. The molecule has 0 bridgehead atoms. The molecule has 9 heteroatoms. The molecule has 1 N–H and O–H groups in total. The number of imidazole rings is 1. The minimum atomic E-state index is -4.49. The fourth-order valence-corrected chi connectivity index (χ4v) is 4.36. The Hall–Kier alpha value is -3.03. The summed E-state index contributed by atoms with van der Waals surface area (Å²) in [6.07, 6.45) is -0.663. The SMILES string of the molecule is O=C(CC(c1cccc(C(F)(F)F)c1)c1cnc2ccccn12)NCCc1ccc(Cl)cc1Cl. The van der Waals surface area contributed by atoms with Gasteiger partial charge in [0.05, 0.1) is 11.3 Å². The van der Waals surface area contributed by atoms with Crippen LogP contribution >= 0.6 is 23.2 Å². The Kier molecular flexibility index (Phi) is 7.14. The zero-order valence-corrected chi connectivity index (χ0v) is 19.3. The first kappa shape index (κ1) is 24.1. The first-order valence-electron chi connectivity index (χ1n) is 10.5. The summed E-state index contributed by atoms with van der Waals surface area (Å²) >= 11 is 12.1. The highest BCUT2D eigenvalue weighted by Gasteiger charge is 2.32. The first-order chi connectivity index (χ1) is 16.2. The third kappa shape index (κ3) is 5.54. The second-order valence-electron chi connectivity index (χ2n) is 7.83. The predicted molar refractivity (Wildman–Crippen MR) is 126 cm³/mol. The zero-order valence-electron chi connectivity index (χ0n) is 17.8. The number of aromatic nitrogens is 2. The van der Waals surface area contributed by atoms with Crippen LogP contribution in [0.1, 0.15) is 34.7 Å². The van der Waals surface area contributed by atoms with Crippen molar-refractivity contribution in [3.8, 4) is 0 Å². The molecular formula is C25H20Cl2F3N3O. The van der Waals surface area contributed by atoms with Gasteiger partial charge < -0.3 is 9.72 Å². The van der Waals surface area contributed by atoms with Gasteiger partial charge in [-0.25, -0.2) is 4.98 Å². The molecule has 0 saturated carbocycles. The number of hydrogen-bond donors (Lipinski definition) is 1. The van der Waals surface area contributed by atoms with Crippen LogP contribution in [0.3, 0.4) is 0 Å². The highest BCUT2D eigenvalue weighted by atomic mass is 35.5. The quantitative estimate of drug-likeness (QED) is 0.310. The Balaban J connectivity index is 1.57. The van der Waals surface area contributed by atoms with Crippen LogP contribution < -0.4 is 5.32 Å². The molecule has 4 rings (SSSR count). The van der Waals surface area contributed by atoms with Crippen LogP contribution in [0.15, 0.2) is 73.1 Å². The highest BCUT2D eigenvalue weighted by Crippen LogP contribution is 2.34. The molecular weight excluding hydrogens is 486 g/mol. The zero-order chi connectivity index (χ0) is 24.3. The van der Waals surface area contributed by atoms with Gasteiger partial charge in [0.15, 0.2) is 0 Å². The van der Waals surface area contributed by atoms with Crippen molar-refractivity contribution in [1.82, 2.24) is 14.7 Å². The summed E-state index contributed by atoms with van der Waals surface area (Å²) in [5.74, 6) is -0.919. The monoisotopic (exact) mass is 505 g/mol. The third-order valence-electron chi connectivity index (χ3n) is 5.54. The molecule has 176 valence electrons. The summed E-state index contributed by atoms with van der Waals surface area (Å²) in [6.45, 7) is 0.322. The van der Waals surface area contributed by atoms with Crippen molar-refractivity contribution in [2.45, 2.75) is 24.9 Å². The number of halogens is 5. The van der Waals surface area contributed by atoms with E-state index in [0.717, 1.165) is 17.7 Å². The maximum atomic E-state index is 13.4. The molecule has 4 aromatic rings. The number of alkyl halides is 3. The minimum absolute atomic E-state index is 0.0433. The second-order valence-corrected chi connectivity index (χ2v) is 8.67. The van der Waals surface area contributed by atoms with Crippen LogP contribution in [0.4, 0.5) is 13.2 Å². The van der Waals surface area contributed by atoms with Crippen molar-refractivity contribution in [3.63, 3.8) is 0 Å². The summed E-state index contributed by atoms with van der Waals surface area (Å²) in [5.41, 5.74) is 1.73. The fraction of sp³-hybridized carbons (Fsp3) is 0.200. The Morgan fingerprint density at radius 2 is 1.88 bits per heavy atom. The lowest BCUT2D eigenvalue weighted by atomic mass is 9.91. The molecule has 0 spiro atoms. The minimum Gasteiger partial charge on any atom is -0.356 e. The van der Waals surface area contributed by atoms with E-state index < -0.39 is 17.7 Å². The lowest BCUT2D eigenvalue weighted by molar-refractivity contribution is -0.137. The van der Waals surface area contributed by atoms with Crippen LogP contribution in [0, 0.1) is 0 Å². The smallest absolute Gasteiger partial charge is 0.356 e. The van der Waals surface area contributed by atoms with Gasteiger partial charge >= 0.3 is 6.18 Å². The predicted octanol–water partition coefficient (Wildman–Crippen LogP) is 6.54. The molecule has 0 aliphatic rings. The van der Waals surface area contributed by atoms with E-state index in [-0.39, 0.29) is 12.3 Å². The van der Waals surface area contributed by atoms with E-state index >= 15 is 0 Å². The van der Waals surface area contributed by atoms with Gasteiger partial charge in [-0.2, -0.15) is 13.2 Å². The number of carbonyl (C=O) groups is 1. The summed E-state index contributed by atoms with van der Waals surface area (Å²) in [4.78, 5) is 17.2. The van der Waals surface area contributed by atoms with Crippen LogP contribution in [0.2, 0.25) is 10.0 Å². The molecule has 0 aliphatic heterocycles. The van der Waals surface area contributed by atoms with E-state index in [4.69, 9.17) is 23.2 Å². The van der Waals surface area contributed by atoms with E-state index in [1.54, 1.807) is 53.2 Å². The van der Waals surface area contributed by atoms with Crippen molar-refractivity contribution in [1.29, 1.82) is 0 Å². The molecule has 2 aromatic carbocycles. The maximum Gasteiger partial charge on any atom is 0.416 e. The van der Waals surface area contributed by atoms with Crippen LogP contribution in [0.5, 0.6) is 0 Å². The summed E-state index contributed by atoms with van der Waals surface area (Å²) in [7, 11) is 0. The molecule has 34 heavy (non-hydrogen) atoms.